The molecule has 0 fully saturated rings. The number of aryl methyl sites for hydroxylation is 1. The highest BCUT2D eigenvalue weighted by molar-refractivity contribution is 5.74. The van der Waals surface area contributed by atoms with Crippen LogP contribution in [0.3, 0.4) is 0 Å². The lowest BCUT2D eigenvalue weighted by Crippen LogP contribution is -2.28. The molecule has 6 nitrogen and oxygen atoms in total. The summed E-state index contributed by atoms with van der Waals surface area (Å²) in [6, 6.07) is 6.86. The summed E-state index contributed by atoms with van der Waals surface area (Å²) in [6.45, 7) is 4.01. The van der Waals surface area contributed by atoms with Gasteiger partial charge in [0, 0.05) is 37.6 Å². The Morgan fingerprint density at radius 1 is 1.29 bits per heavy atom. The molecule has 0 bridgehead atoms. The van der Waals surface area contributed by atoms with Crippen LogP contribution in [0.4, 0.5) is 4.39 Å². The Bertz CT molecular complexity index is 1190. The molecular formula is C21H18FN5O. The minimum atomic E-state index is -0.588. The van der Waals surface area contributed by atoms with Gasteiger partial charge in [-0.3, -0.25) is 14.7 Å². The third kappa shape index (κ3) is 3.55. The number of aromatic nitrogens is 3. The molecule has 3 aromatic rings. The molecule has 3 aromatic heterocycles. The van der Waals surface area contributed by atoms with E-state index in [4.69, 9.17) is 5.26 Å². The fourth-order valence-corrected chi connectivity index (χ4v) is 3.38. The van der Waals surface area contributed by atoms with Crippen molar-refractivity contribution in [2.75, 3.05) is 13.1 Å². The first-order chi connectivity index (χ1) is 13.5. The van der Waals surface area contributed by atoms with Crippen molar-refractivity contribution in [3.8, 4) is 6.07 Å². The summed E-state index contributed by atoms with van der Waals surface area (Å²) in [5.41, 5.74) is 4.65. The summed E-state index contributed by atoms with van der Waals surface area (Å²) in [5, 5.41) is 8.79. The lowest BCUT2D eigenvalue weighted by molar-refractivity contribution is 0.293. The van der Waals surface area contributed by atoms with Crippen LogP contribution in [0.2, 0.25) is 0 Å². The summed E-state index contributed by atoms with van der Waals surface area (Å²) in [6.07, 6.45) is 6.21. The number of pyridine rings is 3. The van der Waals surface area contributed by atoms with E-state index < -0.39 is 5.82 Å². The third-order valence-corrected chi connectivity index (χ3v) is 4.95. The van der Waals surface area contributed by atoms with Gasteiger partial charge in [0.1, 0.15) is 6.07 Å². The Hall–Kier alpha value is -3.37. The summed E-state index contributed by atoms with van der Waals surface area (Å²) in [5.74, 6) is -0.588. The molecule has 0 radical (unpaired) electrons. The van der Waals surface area contributed by atoms with Crippen LogP contribution in [0.1, 0.15) is 28.8 Å². The van der Waals surface area contributed by atoms with Gasteiger partial charge in [-0.1, -0.05) is 6.08 Å². The topological polar surface area (TPSA) is 85.7 Å². The Balaban J connectivity index is 1.49. The Labute approximate surface area is 161 Å². The zero-order chi connectivity index (χ0) is 19.7. The molecule has 0 spiro atoms. The van der Waals surface area contributed by atoms with E-state index in [9.17, 15) is 9.18 Å². The second-order valence-corrected chi connectivity index (χ2v) is 6.94. The van der Waals surface area contributed by atoms with Crippen LogP contribution in [0.5, 0.6) is 0 Å². The fraction of sp³-hybridized carbons (Fsp3) is 0.238. The standard InChI is InChI=1S/C21H18FN5O/c1-13-6-18-19(26-21(13)28)7-14(10-24-18)12-27-4-2-15(3-5-27)16-8-17(22)20(9-23)25-11-16/h2,6-8,10-11H,3-5,12H2,1H3,(H,26,28). The SMILES string of the molecule is Cc1cc2ncc(CN3CC=C(c4cnc(C#N)c(F)c4)CC3)cc2[nH]c1=O. The van der Waals surface area contributed by atoms with Crippen LogP contribution in [0.15, 0.2) is 41.5 Å². The van der Waals surface area contributed by atoms with Crippen LogP contribution in [-0.2, 0) is 6.54 Å². The Morgan fingerprint density at radius 3 is 2.86 bits per heavy atom. The molecule has 1 aliphatic heterocycles. The van der Waals surface area contributed by atoms with E-state index >= 15 is 0 Å². The lowest BCUT2D eigenvalue weighted by Gasteiger charge is -2.26. The number of fused-ring (bicyclic) bond motifs is 1. The number of halogens is 1. The molecule has 4 heterocycles. The quantitative estimate of drug-likeness (QED) is 0.761. The van der Waals surface area contributed by atoms with Gasteiger partial charge in [0.25, 0.3) is 5.56 Å². The highest BCUT2D eigenvalue weighted by Gasteiger charge is 2.15. The van der Waals surface area contributed by atoms with Crippen molar-refractivity contribution in [2.24, 2.45) is 0 Å². The van der Waals surface area contributed by atoms with Gasteiger partial charge in [-0.2, -0.15) is 5.26 Å². The third-order valence-electron chi connectivity index (χ3n) is 4.95. The molecule has 0 amide bonds. The fourth-order valence-electron chi connectivity index (χ4n) is 3.38. The first-order valence-electron chi connectivity index (χ1n) is 8.99. The first-order valence-corrected chi connectivity index (χ1v) is 8.99. The molecule has 4 rings (SSSR count). The normalized spacial score (nSPS) is 14.7. The predicted molar refractivity (Wildman–Crippen MR) is 104 cm³/mol. The zero-order valence-electron chi connectivity index (χ0n) is 15.4. The number of nitrogens with one attached hydrogen (secondary N) is 1. The van der Waals surface area contributed by atoms with Gasteiger partial charge in [-0.25, -0.2) is 9.37 Å². The number of nitriles is 1. The molecule has 1 aliphatic rings. The molecule has 0 aromatic carbocycles. The molecule has 7 heteroatoms. The molecule has 28 heavy (non-hydrogen) atoms. The summed E-state index contributed by atoms with van der Waals surface area (Å²) < 4.78 is 13.8. The maximum Gasteiger partial charge on any atom is 0.251 e. The summed E-state index contributed by atoms with van der Waals surface area (Å²) >= 11 is 0. The second-order valence-electron chi connectivity index (χ2n) is 6.94. The van der Waals surface area contributed by atoms with Gasteiger partial charge in [0.15, 0.2) is 11.5 Å². The van der Waals surface area contributed by atoms with Crippen LogP contribution >= 0.6 is 0 Å². The van der Waals surface area contributed by atoms with Crippen molar-refractivity contribution < 1.29 is 4.39 Å². The highest BCUT2D eigenvalue weighted by Crippen LogP contribution is 2.24. The van der Waals surface area contributed by atoms with Crippen LogP contribution in [0, 0.1) is 24.1 Å². The van der Waals surface area contributed by atoms with Gasteiger partial charge < -0.3 is 4.98 Å². The number of H-pyrrole nitrogens is 1. The van der Waals surface area contributed by atoms with Gasteiger partial charge in [-0.15, -0.1) is 0 Å². The number of hydrogen-bond acceptors (Lipinski definition) is 5. The lowest BCUT2D eigenvalue weighted by atomic mass is 10.0. The van der Waals surface area contributed by atoms with Crippen molar-refractivity contribution in [1.29, 1.82) is 5.26 Å². The molecular weight excluding hydrogens is 357 g/mol. The van der Waals surface area contributed by atoms with E-state index in [1.54, 1.807) is 25.3 Å². The largest absolute Gasteiger partial charge is 0.320 e. The van der Waals surface area contributed by atoms with E-state index in [1.165, 1.54) is 6.07 Å². The molecule has 0 saturated carbocycles. The monoisotopic (exact) mass is 375 g/mol. The first kappa shape index (κ1) is 18.0. The molecule has 0 unspecified atom stereocenters. The van der Waals surface area contributed by atoms with Gasteiger partial charge in [0.2, 0.25) is 0 Å². The average Bonchev–Trinajstić information content (AvgIpc) is 2.69. The van der Waals surface area contributed by atoms with E-state index in [0.29, 0.717) is 12.1 Å². The smallest absolute Gasteiger partial charge is 0.251 e. The van der Waals surface area contributed by atoms with Gasteiger partial charge in [-0.05, 0) is 48.2 Å². The van der Waals surface area contributed by atoms with Crippen molar-refractivity contribution in [2.45, 2.75) is 19.9 Å². The number of rotatable bonds is 3. The van der Waals surface area contributed by atoms with Crippen molar-refractivity contribution in [1.82, 2.24) is 19.9 Å². The van der Waals surface area contributed by atoms with E-state index in [-0.39, 0.29) is 11.3 Å². The zero-order valence-corrected chi connectivity index (χ0v) is 15.4. The molecule has 0 saturated heterocycles. The minimum Gasteiger partial charge on any atom is -0.320 e. The Morgan fingerprint density at radius 2 is 2.14 bits per heavy atom. The molecule has 140 valence electrons. The van der Waals surface area contributed by atoms with E-state index in [2.05, 4.69) is 25.9 Å². The molecule has 0 aliphatic carbocycles. The van der Waals surface area contributed by atoms with Crippen molar-refractivity contribution >= 4 is 16.6 Å². The second kappa shape index (κ2) is 7.33. The summed E-state index contributed by atoms with van der Waals surface area (Å²) in [4.78, 5) is 25.3. The average molecular weight is 375 g/mol. The van der Waals surface area contributed by atoms with Crippen LogP contribution in [-0.4, -0.2) is 32.9 Å². The minimum absolute atomic E-state index is 0.0970. The van der Waals surface area contributed by atoms with Crippen LogP contribution < -0.4 is 5.56 Å². The number of aromatic amines is 1. The molecule has 1 N–H and O–H groups in total. The number of nitrogens with zero attached hydrogens (tertiary/aromatic N) is 4. The summed E-state index contributed by atoms with van der Waals surface area (Å²) in [7, 11) is 0. The predicted octanol–water partition coefficient (Wildman–Crippen LogP) is 2.93. The van der Waals surface area contributed by atoms with Crippen LogP contribution in [0.25, 0.3) is 16.6 Å². The maximum absolute atomic E-state index is 13.8. The van der Waals surface area contributed by atoms with E-state index in [0.717, 1.165) is 47.2 Å². The van der Waals surface area contributed by atoms with Crippen molar-refractivity contribution in [3.63, 3.8) is 0 Å². The number of hydrogen-bond donors (Lipinski definition) is 1. The Kier molecular flexibility index (Phi) is 4.72. The van der Waals surface area contributed by atoms with E-state index in [1.807, 2.05) is 12.3 Å². The maximum atomic E-state index is 13.8. The van der Waals surface area contributed by atoms with Gasteiger partial charge >= 0.3 is 0 Å². The van der Waals surface area contributed by atoms with Crippen molar-refractivity contribution in [3.05, 3.63) is 75.2 Å². The highest BCUT2D eigenvalue weighted by atomic mass is 19.1. The molecule has 0 atom stereocenters. The van der Waals surface area contributed by atoms with Gasteiger partial charge in [0.05, 0.1) is 11.0 Å².